The number of rotatable bonds is 11. The van der Waals surface area contributed by atoms with Crippen molar-refractivity contribution in [1.29, 1.82) is 0 Å². The van der Waals surface area contributed by atoms with Gasteiger partial charge in [-0.05, 0) is 18.9 Å². The fraction of sp³-hybridized carbons (Fsp3) is 0.444. The average Bonchev–Trinajstić information content (AvgIpc) is 2.54. The van der Waals surface area contributed by atoms with Crippen LogP contribution in [0.4, 0.5) is 5.69 Å². The summed E-state index contributed by atoms with van der Waals surface area (Å²) in [6.45, 7) is 3.42. The summed E-state index contributed by atoms with van der Waals surface area (Å²) in [6, 6.07) is 6.59. The molecule has 8 heteroatoms. The molecule has 2 amide bonds. The quantitative estimate of drug-likeness (QED) is 0.445. The molecule has 136 valence electrons. The largest absolute Gasteiger partial charge is 1.00 e. The molecular weight excluding hydrogens is 410 g/mol. The van der Waals surface area contributed by atoms with E-state index >= 15 is 0 Å². The Morgan fingerprint density at radius 3 is 2.31 bits per heavy atom. The molecule has 0 fully saturated rings. The van der Waals surface area contributed by atoms with Crippen LogP contribution >= 0.6 is 0 Å². The molecule has 0 bridgehead atoms. The third-order valence-electron chi connectivity index (χ3n) is 3.07. The fourth-order valence-corrected chi connectivity index (χ4v) is 1.98. The normalized spacial score (nSPS) is 9.77. The Kier molecular flexibility index (Phi) is 13.9. The number of hydrogen-bond acceptors (Lipinski definition) is 5. The number of hydrogen-bond donors (Lipinski definition) is 1. The Bertz CT molecular complexity index is 617. The maximum atomic E-state index is 11.7. The van der Waals surface area contributed by atoms with Crippen LogP contribution in [0.25, 0.3) is 5.32 Å². The zero-order valence-electron chi connectivity index (χ0n) is 15.5. The predicted molar refractivity (Wildman–Crippen MR) is 92.6 cm³/mol. The molecule has 26 heavy (non-hydrogen) atoms. The van der Waals surface area contributed by atoms with E-state index in [1.54, 1.807) is 24.3 Å². The molecule has 1 N–H and O–H groups in total. The van der Waals surface area contributed by atoms with E-state index in [9.17, 15) is 19.2 Å². The van der Waals surface area contributed by atoms with Crippen molar-refractivity contribution in [2.24, 2.45) is 0 Å². The van der Waals surface area contributed by atoms with Crippen LogP contribution in [-0.4, -0.2) is 43.1 Å². The van der Waals surface area contributed by atoms with Crippen LogP contribution in [-0.2, 0) is 30.3 Å². The minimum atomic E-state index is -0.497. The van der Waals surface area contributed by atoms with E-state index in [-0.39, 0.29) is 102 Å². The van der Waals surface area contributed by atoms with Gasteiger partial charge in [0.05, 0.1) is 18.9 Å². The Hall–Kier alpha value is -0.735. The first-order chi connectivity index (χ1) is 11.9. The number of nitrogens with one attached hydrogen (secondary N) is 1. The number of ketones is 2. The molecule has 0 saturated carbocycles. The molecular formula is C18H23N2O5Rb. The van der Waals surface area contributed by atoms with Gasteiger partial charge in [-0.15, -0.1) is 5.69 Å². The first-order valence-electron chi connectivity index (χ1n) is 8.09. The molecule has 0 aliphatic heterocycles. The Morgan fingerprint density at radius 1 is 1.08 bits per heavy atom. The fourth-order valence-electron chi connectivity index (χ4n) is 1.98. The van der Waals surface area contributed by atoms with E-state index in [1.807, 2.05) is 6.92 Å². The molecule has 0 aliphatic rings. The molecule has 1 aromatic rings. The Balaban J connectivity index is 0.00000625. The predicted octanol–water partition coefficient (Wildman–Crippen LogP) is -1.14. The summed E-state index contributed by atoms with van der Waals surface area (Å²) in [5.74, 6) is -1.08. The third-order valence-corrected chi connectivity index (χ3v) is 3.07. The van der Waals surface area contributed by atoms with Crippen LogP contribution in [0.3, 0.4) is 0 Å². The maximum absolute atomic E-state index is 11.7. The summed E-state index contributed by atoms with van der Waals surface area (Å²) in [6.07, 6.45) is 0.925. The van der Waals surface area contributed by atoms with Crippen LogP contribution in [0, 0.1) is 0 Å². The second kappa shape index (κ2) is 14.3. The van der Waals surface area contributed by atoms with Crippen molar-refractivity contribution >= 4 is 29.1 Å². The molecule has 1 aromatic carbocycles. The van der Waals surface area contributed by atoms with Crippen molar-refractivity contribution in [3.05, 3.63) is 35.1 Å². The van der Waals surface area contributed by atoms with Gasteiger partial charge in [0.15, 0.2) is 0 Å². The number of carbonyl (C=O) groups is 4. The van der Waals surface area contributed by atoms with E-state index in [1.165, 1.54) is 6.92 Å². The molecule has 0 aromatic heterocycles. The first kappa shape index (κ1) is 25.3. The molecule has 0 saturated heterocycles. The van der Waals surface area contributed by atoms with Gasteiger partial charge in [0, 0.05) is 13.0 Å². The summed E-state index contributed by atoms with van der Waals surface area (Å²) in [7, 11) is 0. The molecule has 7 nitrogen and oxygen atoms in total. The minimum Gasteiger partial charge on any atom is -0.625 e. The molecule has 0 aliphatic carbocycles. The number of Topliss-reactive ketones (excluding diaryl/α,β-unsaturated/α-hetero) is 2. The minimum absolute atomic E-state index is 0. The van der Waals surface area contributed by atoms with Crippen molar-refractivity contribution in [3.8, 4) is 0 Å². The van der Waals surface area contributed by atoms with Gasteiger partial charge in [0.1, 0.15) is 18.2 Å². The van der Waals surface area contributed by atoms with Gasteiger partial charge in [0.2, 0.25) is 5.91 Å². The average molecular weight is 433 g/mol. The van der Waals surface area contributed by atoms with E-state index in [0.717, 1.165) is 12.0 Å². The van der Waals surface area contributed by atoms with Crippen LogP contribution in [0.5, 0.6) is 0 Å². The van der Waals surface area contributed by atoms with Gasteiger partial charge in [-0.25, -0.2) is 0 Å². The number of benzene rings is 1. The van der Waals surface area contributed by atoms with Crippen molar-refractivity contribution in [3.63, 3.8) is 0 Å². The van der Waals surface area contributed by atoms with Gasteiger partial charge in [-0.2, -0.15) is 0 Å². The Morgan fingerprint density at radius 2 is 1.73 bits per heavy atom. The Labute approximate surface area is 202 Å². The molecule has 1 rings (SSSR count). The number of nitrogens with zero attached hydrogens (tertiary/aromatic N) is 1. The van der Waals surface area contributed by atoms with E-state index in [4.69, 9.17) is 4.74 Å². The van der Waals surface area contributed by atoms with Crippen LogP contribution in [0.2, 0.25) is 0 Å². The van der Waals surface area contributed by atoms with Gasteiger partial charge in [-0.3, -0.25) is 14.4 Å². The topological polar surface area (TPSA) is 104 Å². The van der Waals surface area contributed by atoms with Crippen LogP contribution in [0.15, 0.2) is 24.3 Å². The van der Waals surface area contributed by atoms with Gasteiger partial charge < -0.3 is 20.2 Å². The molecule has 0 spiro atoms. The number of ether oxygens (including phenoxy) is 1. The maximum Gasteiger partial charge on any atom is 1.00 e. The second-order valence-electron chi connectivity index (χ2n) is 5.61. The standard InChI is InChI=1S/C18H24N2O5.Rb/c1-3-8-19-17(23)11-25-12-18(24)20-15-6-4-14(5-7-15)10-16(22)9-13(2)21;/h4-7H,3,8-12H2,1-2H3,(H2,19,20,23,24);/q;+1/p-1. The van der Waals surface area contributed by atoms with Gasteiger partial charge in [-0.1, -0.05) is 31.2 Å². The molecule has 0 heterocycles. The number of carbonyl (C=O) groups excluding carboxylic acids is 4. The molecule has 0 atom stereocenters. The summed E-state index contributed by atoms with van der Waals surface area (Å²) in [4.78, 5) is 45.5. The third kappa shape index (κ3) is 11.8. The van der Waals surface area contributed by atoms with E-state index < -0.39 is 5.91 Å². The van der Waals surface area contributed by atoms with Crippen LogP contribution < -0.4 is 63.5 Å². The van der Waals surface area contributed by atoms with E-state index in [0.29, 0.717) is 12.2 Å². The summed E-state index contributed by atoms with van der Waals surface area (Å²) in [5, 5.41) is 6.49. The first-order valence-corrected chi connectivity index (χ1v) is 8.09. The second-order valence-corrected chi connectivity index (χ2v) is 5.61. The summed E-state index contributed by atoms with van der Waals surface area (Å²) < 4.78 is 5.01. The summed E-state index contributed by atoms with van der Waals surface area (Å²) in [5.41, 5.74) is 1.19. The zero-order chi connectivity index (χ0) is 18.7. The van der Waals surface area contributed by atoms with Gasteiger partial charge >= 0.3 is 58.2 Å². The van der Waals surface area contributed by atoms with Crippen LogP contribution in [0.1, 0.15) is 32.3 Å². The monoisotopic (exact) mass is 432 g/mol. The van der Waals surface area contributed by atoms with Crippen molar-refractivity contribution in [2.45, 2.75) is 33.1 Å². The van der Waals surface area contributed by atoms with Crippen molar-refractivity contribution in [1.82, 2.24) is 5.32 Å². The molecule has 0 unspecified atom stereocenters. The zero-order valence-corrected chi connectivity index (χ0v) is 20.5. The number of amides is 2. The SMILES string of the molecule is CCCNC(=O)COCC(=O)[N-]c1ccc(CC(=O)CC(C)=O)cc1.[Rb+]. The van der Waals surface area contributed by atoms with Crippen molar-refractivity contribution < 1.29 is 82.1 Å². The van der Waals surface area contributed by atoms with Gasteiger partial charge in [0.25, 0.3) is 0 Å². The summed E-state index contributed by atoms with van der Waals surface area (Å²) >= 11 is 0. The molecule has 0 radical (unpaired) electrons. The van der Waals surface area contributed by atoms with Crippen molar-refractivity contribution in [2.75, 3.05) is 19.8 Å². The smallest absolute Gasteiger partial charge is 0.625 e. The van der Waals surface area contributed by atoms with E-state index in [2.05, 4.69) is 10.6 Å².